The van der Waals surface area contributed by atoms with Crippen LogP contribution in [0.4, 0.5) is 10.5 Å². The topological polar surface area (TPSA) is 80.6 Å². The molecule has 0 bridgehead atoms. The van der Waals surface area contributed by atoms with E-state index in [4.69, 9.17) is 4.74 Å². The van der Waals surface area contributed by atoms with Gasteiger partial charge >= 0.3 is 6.09 Å². The molecule has 0 saturated carbocycles. The van der Waals surface area contributed by atoms with E-state index in [1.807, 2.05) is 39.1 Å². The van der Waals surface area contributed by atoms with E-state index in [9.17, 15) is 13.2 Å². The molecule has 1 heterocycles. The fraction of sp³-hybridized carbons (Fsp3) is 0.300. The molecule has 4 rings (SSSR count). The zero-order valence-corrected chi connectivity index (χ0v) is 23.4. The SMILES string of the molecule is CCc1ccc(S(=O)(=O)Nc2c(OC(=O)N(CC)CC)ccc3c2ccn3Cc2cc(C)cc(C)c2)cc1. The Labute approximate surface area is 225 Å². The lowest BCUT2D eigenvalue weighted by molar-refractivity contribution is 0.157. The highest BCUT2D eigenvalue weighted by Crippen LogP contribution is 2.36. The number of fused-ring (bicyclic) bond motifs is 1. The molecule has 0 radical (unpaired) electrons. The van der Waals surface area contributed by atoms with Gasteiger partial charge in [0.05, 0.1) is 10.4 Å². The zero-order chi connectivity index (χ0) is 27.4. The summed E-state index contributed by atoms with van der Waals surface area (Å²) in [7, 11) is -3.94. The minimum Gasteiger partial charge on any atom is -0.408 e. The van der Waals surface area contributed by atoms with Crippen LogP contribution in [0.2, 0.25) is 0 Å². The number of nitrogens with zero attached hydrogens (tertiary/aromatic N) is 2. The number of aromatic nitrogens is 1. The van der Waals surface area contributed by atoms with Crippen LogP contribution in [-0.2, 0) is 23.0 Å². The first-order chi connectivity index (χ1) is 18.1. The molecule has 8 heteroatoms. The van der Waals surface area contributed by atoms with Gasteiger partial charge in [0.15, 0.2) is 5.75 Å². The van der Waals surface area contributed by atoms with Gasteiger partial charge in [-0.2, -0.15) is 0 Å². The number of benzene rings is 3. The molecular formula is C30H35N3O4S. The van der Waals surface area contributed by atoms with Crippen LogP contribution in [0.15, 0.2) is 71.8 Å². The highest BCUT2D eigenvalue weighted by molar-refractivity contribution is 7.92. The minimum absolute atomic E-state index is 0.141. The first kappa shape index (κ1) is 27.3. The van der Waals surface area contributed by atoms with Crippen molar-refractivity contribution in [2.45, 2.75) is 52.5 Å². The van der Waals surface area contributed by atoms with Gasteiger partial charge in [-0.3, -0.25) is 4.72 Å². The Bertz CT molecular complexity index is 1530. The van der Waals surface area contributed by atoms with E-state index in [-0.39, 0.29) is 16.3 Å². The number of amides is 1. The minimum atomic E-state index is -3.94. The summed E-state index contributed by atoms with van der Waals surface area (Å²) in [6, 6.07) is 18.6. The second-order valence-corrected chi connectivity index (χ2v) is 11.1. The van der Waals surface area contributed by atoms with Gasteiger partial charge in [0.25, 0.3) is 10.0 Å². The Hall–Kier alpha value is -3.78. The van der Waals surface area contributed by atoms with Gasteiger partial charge in [-0.15, -0.1) is 0 Å². The molecule has 0 saturated heterocycles. The number of hydrogen-bond donors (Lipinski definition) is 1. The van der Waals surface area contributed by atoms with Gasteiger partial charge < -0.3 is 14.2 Å². The standard InChI is InChI=1S/C30H35N3O4S/c1-6-23-9-11-25(12-10-23)38(35,36)31-29-26-15-16-33(20-24-18-21(4)17-22(5)19-24)27(26)13-14-28(29)37-30(34)32(7-2)8-3/h9-19,31H,6-8,20H2,1-5H3. The van der Waals surface area contributed by atoms with Gasteiger partial charge in [0.1, 0.15) is 5.69 Å². The molecule has 1 aromatic heterocycles. The number of anilines is 1. The van der Waals surface area contributed by atoms with Crippen molar-refractivity contribution in [2.24, 2.45) is 0 Å². The van der Waals surface area contributed by atoms with Gasteiger partial charge in [-0.1, -0.05) is 48.4 Å². The summed E-state index contributed by atoms with van der Waals surface area (Å²) in [5.74, 6) is 0.160. The molecule has 200 valence electrons. The van der Waals surface area contributed by atoms with Gasteiger partial charge in [0, 0.05) is 31.2 Å². The predicted molar refractivity (Wildman–Crippen MR) is 153 cm³/mol. The third-order valence-corrected chi connectivity index (χ3v) is 8.01. The van der Waals surface area contributed by atoms with Crippen LogP contribution >= 0.6 is 0 Å². The Balaban J connectivity index is 1.78. The summed E-state index contributed by atoms with van der Waals surface area (Å²) in [6.45, 7) is 11.5. The Morgan fingerprint density at radius 2 is 1.55 bits per heavy atom. The Morgan fingerprint density at radius 3 is 2.16 bits per heavy atom. The molecule has 1 N–H and O–H groups in total. The van der Waals surface area contributed by atoms with Crippen molar-refractivity contribution >= 4 is 32.7 Å². The molecule has 0 aliphatic rings. The summed E-state index contributed by atoms with van der Waals surface area (Å²) in [5, 5.41) is 0.646. The number of hydrogen-bond acceptors (Lipinski definition) is 4. The number of rotatable bonds is 9. The maximum absolute atomic E-state index is 13.4. The molecule has 0 fully saturated rings. The first-order valence-electron chi connectivity index (χ1n) is 12.9. The second-order valence-electron chi connectivity index (χ2n) is 9.45. The summed E-state index contributed by atoms with van der Waals surface area (Å²) < 4.78 is 37.4. The maximum Gasteiger partial charge on any atom is 0.415 e. The van der Waals surface area contributed by atoms with E-state index in [1.165, 1.54) is 16.0 Å². The largest absolute Gasteiger partial charge is 0.415 e. The maximum atomic E-state index is 13.4. The fourth-order valence-corrected chi connectivity index (χ4v) is 5.77. The molecular weight excluding hydrogens is 498 g/mol. The number of aryl methyl sites for hydroxylation is 3. The summed E-state index contributed by atoms with van der Waals surface area (Å²) in [4.78, 5) is 14.5. The molecule has 4 aromatic rings. The van der Waals surface area contributed by atoms with Gasteiger partial charge in [0.2, 0.25) is 0 Å². The lowest BCUT2D eigenvalue weighted by Crippen LogP contribution is -2.33. The number of nitrogens with one attached hydrogen (secondary N) is 1. The normalized spacial score (nSPS) is 11.5. The highest BCUT2D eigenvalue weighted by atomic mass is 32.2. The molecule has 38 heavy (non-hydrogen) atoms. The van der Waals surface area contributed by atoms with Crippen LogP contribution < -0.4 is 9.46 Å². The van der Waals surface area contributed by atoms with E-state index < -0.39 is 16.1 Å². The Kier molecular flexibility index (Phi) is 8.11. The van der Waals surface area contributed by atoms with Crippen LogP contribution in [0.25, 0.3) is 10.9 Å². The first-order valence-corrected chi connectivity index (χ1v) is 14.4. The van der Waals surface area contributed by atoms with Crippen LogP contribution in [-0.4, -0.2) is 37.1 Å². The van der Waals surface area contributed by atoms with Gasteiger partial charge in [-0.05, 0) is 75.6 Å². The predicted octanol–water partition coefficient (Wildman–Crippen LogP) is 6.51. The molecule has 0 aliphatic heterocycles. The molecule has 0 unspecified atom stereocenters. The number of sulfonamides is 1. The number of carbonyl (C=O) groups excluding carboxylic acids is 1. The van der Waals surface area contributed by atoms with Crippen molar-refractivity contribution in [1.82, 2.24) is 9.47 Å². The van der Waals surface area contributed by atoms with E-state index in [0.29, 0.717) is 25.0 Å². The third-order valence-electron chi connectivity index (χ3n) is 6.65. The molecule has 1 amide bonds. The number of carbonyl (C=O) groups is 1. The smallest absolute Gasteiger partial charge is 0.408 e. The van der Waals surface area contributed by atoms with Crippen molar-refractivity contribution in [3.8, 4) is 5.75 Å². The van der Waals surface area contributed by atoms with Crippen molar-refractivity contribution in [3.63, 3.8) is 0 Å². The Morgan fingerprint density at radius 1 is 0.895 bits per heavy atom. The van der Waals surface area contributed by atoms with E-state index in [2.05, 4.69) is 41.3 Å². The molecule has 7 nitrogen and oxygen atoms in total. The summed E-state index contributed by atoms with van der Waals surface area (Å²) in [5.41, 5.74) is 5.63. The fourth-order valence-electron chi connectivity index (χ4n) is 4.68. The lowest BCUT2D eigenvalue weighted by atomic mass is 10.1. The van der Waals surface area contributed by atoms with E-state index >= 15 is 0 Å². The van der Waals surface area contributed by atoms with E-state index in [0.717, 1.165) is 23.1 Å². The van der Waals surface area contributed by atoms with Crippen LogP contribution in [0.1, 0.15) is 43.0 Å². The van der Waals surface area contributed by atoms with E-state index in [1.54, 1.807) is 30.3 Å². The van der Waals surface area contributed by atoms with Crippen LogP contribution in [0, 0.1) is 13.8 Å². The lowest BCUT2D eigenvalue weighted by Gasteiger charge is -2.20. The molecule has 3 aromatic carbocycles. The average Bonchev–Trinajstić information content (AvgIpc) is 3.28. The highest BCUT2D eigenvalue weighted by Gasteiger charge is 2.23. The van der Waals surface area contributed by atoms with Gasteiger partial charge in [-0.25, -0.2) is 13.2 Å². The summed E-state index contributed by atoms with van der Waals surface area (Å²) in [6.07, 6.45) is 2.20. The van der Waals surface area contributed by atoms with Crippen molar-refractivity contribution in [2.75, 3.05) is 17.8 Å². The third kappa shape index (κ3) is 5.86. The monoisotopic (exact) mass is 533 g/mol. The zero-order valence-electron chi connectivity index (χ0n) is 22.6. The number of ether oxygens (including phenoxy) is 1. The van der Waals surface area contributed by atoms with Crippen LogP contribution in [0.5, 0.6) is 5.75 Å². The van der Waals surface area contributed by atoms with Crippen molar-refractivity contribution < 1.29 is 17.9 Å². The average molecular weight is 534 g/mol. The van der Waals surface area contributed by atoms with Crippen molar-refractivity contribution in [3.05, 3.63) is 89.1 Å². The van der Waals surface area contributed by atoms with Crippen LogP contribution in [0.3, 0.4) is 0 Å². The molecule has 0 aliphatic carbocycles. The van der Waals surface area contributed by atoms with Crippen molar-refractivity contribution in [1.29, 1.82) is 0 Å². The second kappa shape index (κ2) is 11.3. The summed E-state index contributed by atoms with van der Waals surface area (Å²) >= 11 is 0. The quantitative estimate of drug-likeness (QED) is 0.266. The molecule has 0 spiro atoms. The molecule has 0 atom stereocenters.